The van der Waals surface area contributed by atoms with Crippen LogP contribution in [0.3, 0.4) is 0 Å². The van der Waals surface area contributed by atoms with Crippen LogP contribution < -0.4 is 5.32 Å². The lowest BCUT2D eigenvalue weighted by Crippen LogP contribution is -2.30. The summed E-state index contributed by atoms with van der Waals surface area (Å²) in [5.41, 5.74) is 5.50. The van der Waals surface area contributed by atoms with E-state index < -0.39 is 5.97 Å². The molecule has 6 heteroatoms. The molecular formula is C25H23N3O3. The first kappa shape index (κ1) is 19.3. The minimum atomic E-state index is -0.455. The maximum Gasteiger partial charge on any atom is 0.339 e. The molecule has 0 aliphatic heterocycles. The van der Waals surface area contributed by atoms with Crippen LogP contribution >= 0.6 is 0 Å². The molecule has 2 aromatic carbocycles. The molecule has 1 aliphatic rings. The third kappa shape index (κ3) is 3.77. The first-order valence-corrected chi connectivity index (χ1v) is 10.6. The van der Waals surface area contributed by atoms with E-state index in [-0.39, 0.29) is 12.5 Å². The maximum atomic E-state index is 12.9. The van der Waals surface area contributed by atoms with Crippen molar-refractivity contribution in [3.05, 3.63) is 77.1 Å². The van der Waals surface area contributed by atoms with Gasteiger partial charge in [0.15, 0.2) is 6.61 Å². The number of nitrogens with one attached hydrogen (secondary N) is 2. The number of carbonyl (C=O) groups excluding carboxylic acids is 2. The number of hydrogen-bond donors (Lipinski definition) is 2. The second-order valence-corrected chi connectivity index (χ2v) is 7.82. The highest BCUT2D eigenvalue weighted by molar-refractivity contribution is 6.05. The molecule has 4 aromatic rings. The number of carbonyl (C=O) groups is 2. The number of benzene rings is 2. The number of fused-ring (bicyclic) bond motifs is 3. The van der Waals surface area contributed by atoms with Crippen molar-refractivity contribution in [2.24, 2.45) is 0 Å². The lowest BCUT2D eigenvalue weighted by atomic mass is 10.0. The molecule has 1 amide bonds. The Morgan fingerprint density at radius 1 is 1.03 bits per heavy atom. The number of aromatic amines is 1. The van der Waals surface area contributed by atoms with Crippen molar-refractivity contribution in [1.82, 2.24) is 15.3 Å². The van der Waals surface area contributed by atoms with E-state index >= 15 is 0 Å². The van der Waals surface area contributed by atoms with Crippen LogP contribution in [0.25, 0.3) is 21.8 Å². The fraction of sp³-hybridized carbons (Fsp3) is 0.240. The number of amides is 1. The molecular weight excluding hydrogens is 390 g/mol. The third-order valence-electron chi connectivity index (χ3n) is 5.85. The smallest absolute Gasteiger partial charge is 0.339 e. The van der Waals surface area contributed by atoms with Gasteiger partial charge in [-0.05, 0) is 48.9 Å². The number of aryl methyl sites for hydroxylation is 1. The van der Waals surface area contributed by atoms with Crippen LogP contribution in [-0.4, -0.2) is 35.0 Å². The zero-order chi connectivity index (χ0) is 21.2. The predicted molar refractivity (Wildman–Crippen MR) is 119 cm³/mol. The minimum absolute atomic E-state index is 0.294. The van der Waals surface area contributed by atoms with Gasteiger partial charge in [-0.25, -0.2) is 4.79 Å². The van der Waals surface area contributed by atoms with Gasteiger partial charge in [0.2, 0.25) is 0 Å². The Labute approximate surface area is 179 Å². The highest BCUT2D eigenvalue weighted by Gasteiger charge is 2.25. The molecule has 156 valence electrons. The molecule has 31 heavy (non-hydrogen) atoms. The van der Waals surface area contributed by atoms with E-state index in [1.807, 2.05) is 48.7 Å². The molecule has 1 aliphatic carbocycles. The molecule has 0 spiro atoms. The molecule has 5 rings (SSSR count). The average Bonchev–Trinajstić information content (AvgIpc) is 3.42. The molecule has 2 N–H and O–H groups in total. The number of esters is 1. The fourth-order valence-electron chi connectivity index (χ4n) is 4.37. The number of H-pyrrole nitrogens is 1. The lowest BCUT2D eigenvalue weighted by molar-refractivity contribution is -0.124. The summed E-state index contributed by atoms with van der Waals surface area (Å²) >= 11 is 0. The number of ether oxygens (including phenoxy) is 1. The first-order chi connectivity index (χ1) is 15.2. The van der Waals surface area contributed by atoms with Crippen molar-refractivity contribution in [1.29, 1.82) is 0 Å². The maximum absolute atomic E-state index is 12.9. The van der Waals surface area contributed by atoms with Gasteiger partial charge in [0.05, 0.1) is 11.1 Å². The predicted octanol–water partition coefficient (Wildman–Crippen LogP) is 3.72. The summed E-state index contributed by atoms with van der Waals surface area (Å²) in [6, 6.07) is 15.7. The van der Waals surface area contributed by atoms with Gasteiger partial charge in [0.1, 0.15) is 0 Å². The molecule has 0 radical (unpaired) electrons. The summed E-state index contributed by atoms with van der Waals surface area (Å²) in [4.78, 5) is 33.1. The SMILES string of the molecule is O=C(COC(=O)c1c2c(nc3ccccc13)CCC2)NCCc1c[nH]c2ccccc12. The van der Waals surface area contributed by atoms with Gasteiger partial charge in [-0.1, -0.05) is 36.4 Å². The Bertz CT molecular complexity index is 1290. The first-order valence-electron chi connectivity index (χ1n) is 10.6. The van der Waals surface area contributed by atoms with Gasteiger partial charge < -0.3 is 15.0 Å². The standard InChI is InChI=1S/C25H23N3O3/c29-23(26-13-12-16-14-27-20-9-3-1-6-17(16)20)15-31-25(30)24-18-7-2-4-10-21(18)28-22-11-5-8-19(22)24/h1-4,6-7,9-10,14,27H,5,8,11-13,15H2,(H,26,29). The highest BCUT2D eigenvalue weighted by atomic mass is 16.5. The Morgan fingerprint density at radius 3 is 2.74 bits per heavy atom. The van der Waals surface area contributed by atoms with E-state index in [2.05, 4.69) is 16.4 Å². The van der Waals surface area contributed by atoms with Gasteiger partial charge in [-0.15, -0.1) is 0 Å². The minimum Gasteiger partial charge on any atom is -0.452 e. The Morgan fingerprint density at radius 2 is 1.84 bits per heavy atom. The molecule has 0 saturated carbocycles. The van der Waals surface area contributed by atoms with Crippen LogP contribution in [0.5, 0.6) is 0 Å². The summed E-state index contributed by atoms with van der Waals surface area (Å²) in [5.74, 6) is -0.758. The van der Waals surface area contributed by atoms with E-state index in [0.29, 0.717) is 18.5 Å². The molecule has 0 unspecified atom stereocenters. The topological polar surface area (TPSA) is 84.1 Å². The number of hydrogen-bond acceptors (Lipinski definition) is 4. The largest absolute Gasteiger partial charge is 0.452 e. The molecule has 0 atom stereocenters. The number of rotatable bonds is 6. The van der Waals surface area contributed by atoms with Crippen LogP contribution in [0.4, 0.5) is 0 Å². The Balaban J connectivity index is 1.22. The van der Waals surface area contributed by atoms with Crippen molar-refractivity contribution < 1.29 is 14.3 Å². The van der Waals surface area contributed by atoms with Crippen LogP contribution in [0.2, 0.25) is 0 Å². The fourth-order valence-corrected chi connectivity index (χ4v) is 4.37. The molecule has 2 aromatic heterocycles. The number of para-hydroxylation sites is 2. The van der Waals surface area contributed by atoms with E-state index in [0.717, 1.165) is 57.9 Å². The molecule has 2 heterocycles. The van der Waals surface area contributed by atoms with E-state index in [9.17, 15) is 9.59 Å². The van der Waals surface area contributed by atoms with Gasteiger partial charge in [-0.2, -0.15) is 0 Å². The van der Waals surface area contributed by atoms with Gasteiger partial charge in [-0.3, -0.25) is 9.78 Å². The number of pyridine rings is 1. The normalized spacial score (nSPS) is 12.8. The second kappa shape index (κ2) is 8.22. The summed E-state index contributed by atoms with van der Waals surface area (Å²) in [6.07, 6.45) is 5.33. The van der Waals surface area contributed by atoms with Gasteiger partial charge >= 0.3 is 5.97 Å². The van der Waals surface area contributed by atoms with Crippen LogP contribution in [0, 0.1) is 0 Å². The summed E-state index contributed by atoms with van der Waals surface area (Å²) in [6.45, 7) is 0.184. The third-order valence-corrected chi connectivity index (χ3v) is 5.85. The van der Waals surface area contributed by atoms with Gasteiger partial charge in [0.25, 0.3) is 5.91 Å². The van der Waals surface area contributed by atoms with Crippen LogP contribution in [0.1, 0.15) is 33.6 Å². The monoisotopic (exact) mass is 413 g/mol. The molecule has 6 nitrogen and oxygen atoms in total. The van der Waals surface area contributed by atoms with Crippen molar-refractivity contribution in [3.8, 4) is 0 Å². The number of nitrogens with zero attached hydrogens (tertiary/aromatic N) is 1. The zero-order valence-electron chi connectivity index (χ0n) is 17.1. The van der Waals surface area contributed by atoms with E-state index in [4.69, 9.17) is 9.72 Å². The van der Waals surface area contributed by atoms with Crippen molar-refractivity contribution in [2.45, 2.75) is 25.7 Å². The molecule has 0 bridgehead atoms. The van der Waals surface area contributed by atoms with Crippen LogP contribution in [0.15, 0.2) is 54.7 Å². The van der Waals surface area contributed by atoms with E-state index in [1.165, 1.54) is 0 Å². The average molecular weight is 413 g/mol. The van der Waals surface area contributed by atoms with Crippen molar-refractivity contribution in [3.63, 3.8) is 0 Å². The molecule has 0 saturated heterocycles. The quantitative estimate of drug-likeness (QED) is 0.472. The Hall–Kier alpha value is -3.67. The van der Waals surface area contributed by atoms with Crippen LogP contribution in [-0.2, 0) is 28.8 Å². The molecule has 0 fully saturated rings. The van der Waals surface area contributed by atoms with Crippen molar-refractivity contribution >= 4 is 33.7 Å². The van der Waals surface area contributed by atoms with Crippen molar-refractivity contribution in [2.75, 3.05) is 13.2 Å². The summed E-state index contributed by atoms with van der Waals surface area (Å²) < 4.78 is 5.40. The van der Waals surface area contributed by atoms with E-state index in [1.54, 1.807) is 0 Å². The summed E-state index contributed by atoms with van der Waals surface area (Å²) in [5, 5.41) is 4.78. The van der Waals surface area contributed by atoms with Gasteiger partial charge in [0, 0.05) is 34.7 Å². The second-order valence-electron chi connectivity index (χ2n) is 7.82. The lowest BCUT2D eigenvalue weighted by Gasteiger charge is -2.12. The number of aromatic nitrogens is 2. The summed E-state index contributed by atoms with van der Waals surface area (Å²) in [7, 11) is 0. The zero-order valence-corrected chi connectivity index (χ0v) is 17.1. The Kier molecular flexibility index (Phi) is 5.12. The highest BCUT2D eigenvalue weighted by Crippen LogP contribution is 2.30.